The lowest BCUT2D eigenvalue weighted by Gasteiger charge is -2.27. The van der Waals surface area contributed by atoms with Gasteiger partial charge in [0.2, 0.25) is 5.88 Å². The molecule has 3 aromatic rings. The highest BCUT2D eigenvalue weighted by Gasteiger charge is 2.32. The number of hydrogen-bond donors (Lipinski definition) is 0. The fourth-order valence-corrected chi connectivity index (χ4v) is 3.16. The molecule has 3 heterocycles. The molecule has 0 unspecified atom stereocenters. The second-order valence-corrected chi connectivity index (χ2v) is 8.86. The molecule has 1 aliphatic carbocycles. The number of halogens is 1. The normalized spacial score (nSPS) is 14.1. The van der Waals surface area contributed by atoms with Gasteiger partial charge in [0, 0.05) is 18.8 Å². The van der Waals surface area contributed by atoms with E-state index in [1.807, 2.05) is 20.8 Å². The Kier molecular flexibility index (Phi) is 5.16. The second-order valence-electron chi connectivity index (χ2n) is 8.01. The van der Waals surface area contributed by atoms with E-state index in [1.54, 1.807) is 46.2 Å². The van der Waals surface area contributed by atoms with Crippen LogP contribution < -0.4 is 9.64 Å². The average Bonchev–Trinajstić information content (AvgIpc) is 3.41. The van der Waals surface area contributed by atoms with Crippen LogP contribution in [-0.2, 0) is 4.74 Å². The maximum absolute atomic E-state index is 13.0. The molecule has 152 valence electrons. The standard InChI is InChI=1S/C20H22BrN5O3/c1-20(2,3)29-19(27)25(12-13-6-7-13)17-9-16(28-14-5-4-8-22-10-14)24-18-15(21)11-23-26(17)18/h4-5,8-11,13H,6-7,12H2,1-3H3. The van der Waals surface area contributed by atoms with Crippen molar-refractivity contribution < 1.29 is 14.3 Å². The zero-order chi connectivity index (χ0) is 20.6. The number of carbonyl (C=O) groups is 1. The van der Waals surface area contributed by atoms with Gasteiger partial charge < -0.3 is 9.47 Å². The molecule has 0 atom stereocenters. The van der Waals surface area contributed by atoms with Crippen LogP contribution >= 0.6 is 15.9 Å². The van der Waals surface area contributed by atoms with Crippen LogP contribution in [0, 0.1) is 5.92 Å². The third kappa shape index (κ3) is 4.67. The van der Waals surface area contributed by atoms with Gasteiger partial charge >= 0.3 is 6.09 Å². The zero-order valence-electron chi connectivity index (χ0n) is 16.5. The Hall–Kier alpha value is -2.68. The summed E-state index contributed by atoms with van der Waals surface area (Å²) < 4.78 is 13.9. The largest absolute Gasteiger partial charge is 0.443 e. The zero-order valence-corrected chi connectivity index (χ0v) is 18.1. The van der Waals surface area contributed by atoms with Crippen molar-refractivity contribution >= 4 is 33.5 Å². The summed E-state index contributed by atoms with van der Waals surface area (Å²) in [6, 6.07) is 5.27. The molecular weight excluding hydrogens is 438 g/mol. The van der Waals surface area contributed by atoms with Crippen molar-refractivity contribution in [3.63, 3.8) is 0 Å². The lowest BCUT2D eigenvalue weighted by molar-refractivity contribution is 0.0576. The van der Waals surface area contributed by atoms with Crippen LogP contribution in [-0.4, -0.2) is 37.8 Å². The van der Waals surface area contributed by atoms with E-state index in [0.29, 0.717) is 40.0 Å². The number of pyridine rings is 1. The Labute approximate surface area is 177 Å². The predicted molar refractivity (Wildman–Crippen MR) is 111 cm³/mol. The first-order valence-electron chi connectivity index (χ1n) is 9.43. The fraction of sp³-hybridized carbons (Fsp3) is 0.400. The van der Waals surface area contributed by atoms with Crippen LogP contribution in [0.1, 0.15) is 33.6 Å². The molecule has 1 aliphatic rings. The van der Waals surface area contributed by atoms with E-state index in [9.17, 15) is 4.79 Å². The maximum Gasteiger partial charge on any atom is 0.416 e. The van der Waals surface area contributed by atoms with Crippen LogP contribution in [0.5, 0.6) is 11.6 Å². The molecule has 0 spiro atoms. The topological polar surface area (TPSA) is 81.8 Å². The van der Waals surface area contributed by atoms with E-state index < -0.39 is 11.7 Å². The number of amides is 1. The molecule has 0 aliphatic heterocycles. The summed E-state index contributed by atoms with van der Waals surface area (Å²) in [4.78, 5) is 23.2. The molecule has 0 aromatic carbocycles. The number of fused-ring (bicyclic) bond motifs is 1. The Bertz CT molecular complexity index is 1030. The molecule has 0 saturated heterocycles. The first-order valence-corrected chi connectivity index (χ1v) is 10.2. The quantitative estimate of drug-likeness (QED) is 0.543. The molecule has 29 heavy (non-hydrogen) atoms. The minimum absolute atomic E-state index is 0.339. The summed E-state index contributed by atoms with van der Waals surface area (Å²) in [5, 5.41) is 4.38. The average molecular weight is 460 g/mol. The second kappa shape index (κ2) is 7.62. The highest BCUT2D eigenvalue weighted by molar-refractivity contribution is 9.10. The third-order valence-electron chi connectivity index (χ3n) is 4.27. The van der Waals surface area contributed by atoms with Crippen LogP contribution in [0.3, 0.4) is 0 Å². The van der Waals surface area contributed by atoms with Gasteiger partial charge in [0.15, 0.2) is 5.65 Å². The maximum atomic E-state index is 13.0. The van der Waals surface area contributed by atoms with Crippen LogP contribution in [0.2, 0.25) is 0 Å². The van der Waals surface area contributed by atoms with Gasteiger partial charge in [-0.05, 0) is 67.6 Å². The van der Waals surface area contributed by atoms with Gasteiger partial charge in [-0.15, -0.1) is 0 Å². The highest BCUT2D eigenvalue weighted by atomic mass is 79.9. The predicted octanol–water partition coefficient (Wildman–Crippen LogP) is 4.83. The monoisotopic (exact) mass is 459 g/mol. The van der Waals surface area contributed by atoms with Gasteiger partial charge in [0.1, 0.15) is 17.2 Å². The Balaban J connectivity index is 1.77. The van der Waals surface area contributed by atoms with Crippen LogP contribution in [0.15, 0.2) is 41.3 Å². The Morgan fingerprint density at radius 2 is 2.14 bits per heavy atom. The van der Waals surface area contributed by atoms with Crippen LogP contribution in [0.4, 0.5) is 10.6 Å². The van der Waals surface area contributed by atoms with Gasteiger partial charge in [0.05, 0.1) is 16.9 Å². The summed E-state index contributed by atoms with van der Waals surface area (Å²) >= 11 is 3.47. The summed E-state index contributed by atoms with van der Waals surface area (Å²) in [6.45, 7) is 6.11. The minimum atomic E-state index is -0.606. The van der Waals surface area contributed by atoms with E-state index in [2.05, 4.69) is 31.0 Å². The number of nitrogens with zero attached hydrogens (tertiary/aromatic N) is 5. The van der Waals surface area contributed by atoms with Crippen molar-refractivity contribution in [2.75, 3.05) is 11.4 Å². The molecule has 0 N–H and O–H groups in total. The molecule has 0 bridgehead atoms. The smallest absolute Gasteiger partial charge is 0.416 e. The molecular formula is C20H22BrN5O3. The number of rotatable bonds is 5. The number of anilines is 1. The minimum Gasteiger partial charge on any atom is -0.443 e. The molecule has 0 radical (unpaired) electrons. The van der Waals surface area contributed by atoms with E-state index >= 15 is 0 Å². The van der Waals surface area contributed by atoms with Crippen LogP contribution in [0.25, 0.3) is 5.65 Å². The molecule has 4 rings (SSSR count). The van der Waals surface area contributed by atoms with E-state index in [1.165, 1.54) is 0 Å². The molecule has 3 aromatic heterocycles. The molecule has 1 saturated carbocycles. The lowest BCUT2D eigenvalue weighted by Crippen LogP contribution is -2.39. The summed E-state index contributed by atoms with van der Waals surface area (Å²) in [7, 11) is 0. The van der Waals surface area contributed by atoms with Crippen molar-refractivity contribution in [2.24, 2.45) is 5.92 Å². The van der Waals surface area contributed by atoms with Crippen molar-refractivity contribution in [3.05, 3.63) is 41.3 Å². The van der Waals surface area contributed by atoms with Gasteiger partial charge in [-0.25, -0.2) is 4.79 Å². The summed E-state index contributed by atoms with van der Waals surface area (Å²) in [5.74, 6) is 1.89. The van der Waals surface area contributed by atoms with Crippen molar-refractivity contribution in [1.82, 2.24) is 19.6 Å². The highest BCUT2D eigenvalue weighted by Crippen LogP contribution is 2.34. The van der Waals surface area contributed by atoms with Gasteiger partial charge in [-0.3, -0.25) is 9.88 Å². The van der Waals surface area contributed by atoms with Crippen molar-refractivity contribution in [1.29, 1.82) is 0 Å². The van der Waals surface area contributed by atoms with Crippen molar-refractivity contribution in [2.45, 2.75) is 39.2 Å². The molecule has 9 heteroatoms. The third-order valence-corrected chi connectivity index (χ3v) is 4.83. The summed E-state index contributed by atoms with van der Waals surface area (Å²) in [5.41, 5.74) is -0.0594. The SMILES string of the molecule is CC(C)(C)OC(=O)N(CC1CC1)c1cc(Oc2cccnc2)nc2c(Br)cnn12. The Morgan fingerprint density at radius 3 is 2.79 bits per heavy atom. The molecule has 1 fully saturated rings. The lowest BCUT2D eigenvalue weighted by atomic mass is 10.2. The number of carbonyl (C=O) groups excluding carboxylic acids is 1. The first kappa shape index (κ1) is 19.6. The number of aromatic nitrogens is 4. The fourth-order valence-electron chi connectivity index (χ4n) is 2.81. The van der Waals surface area contributed by atoms with E-state index in [0.717, 1.165) is 12.8 Å². The molecule has 8 nitrogen and oxygen atoms in total. The van der Waals surface area contributed by atoms with Gasteiger partial charge in [-0.1, -0.05) is 0 Å². The Morgan fingerprint density at radius 1 is 1.34 bits per heavy atom. The molecule has 1 amide bonds. The van der Waals surface area contributed by atoms with E-state index in [4.69, 9.17) is 9.47 Å². The summed E-state index contributed by atoms with van der Waals surface area (Å²) in [6.07, 6.45) is 6.68. The van der Waals surface area contributed by atoms with Gasteiger partial charge in [-0.2, -0.15) is 14.6 Å². The number of hydrogen-bond acceptors (Lipinski definition) is 6. The van der Waals surface area contributed by atoms with Gasteiger partial charge in [0.25, 0.3) is 0 Å². The first-order chi connectivity index (χ1) is 13.8. The number of ether oxygens (including phenoxy) is 2. The van der Waals surface area contributed by atoms with Crippen molar-refractivity contribution in [3.8, 4) is 11.6 Å². The van der Waals surface area contributed by atoms with E-state index in [-0.39, 0.29) is 0 Å².